The average molecular weight is 286 g/mol. The van der Waals surface area contributed by atoms with Gasteiger partial charge in [0, 0.05) is 0 Å². The van der Waals surface area contributed by atoms with Crippen molar-refractivity contribution in [3.63, 3.8) is 0 Å². The number of carbonyl (C=O) groups is 1. The minimum atomic E-state index is -0.373. The Labute approximate surface area is 123 Å². The van der Waals surface area contributed by atoms with Gasteiger partial charge in [-0.2, -0.15) is 0 Å². The summed E-state index contributed by atoms with van der Waals surface area (Å²) in [6.07, 6.45) is 1.10. The van der Waals surface area contributed by atoms with Crippen LogP contribution in [-0.4, -0.2) is 16.5 Å². The van der Waals surface area contributed by atoms with Gasteiger partial charge < -0.3 is 14.9 Å². The molecule has 0 amide bonds. The minimum absolute atomic E-state index is 0.0813. The Bertz CT molecular complexity index is 620. The van der Waals surface area contributed by atoms with Crippen molar-refractivity contribution in [2.45, 2.75) is 26.6 Å². The van der Waals surface area contributed by atoms with Crippen LogP contribution in [-0.2, 0) is 24.4 Å². The molecule has 0 saturated carbocycles. The normalized spacial score (nSPS) is 10.5. The summed E-state index contributed by atoms with van der Waals surface area (Å²) in [6, 6.07) is 11.4. The number of aryl methyl sites for hydroxylation is 1. The van der Waals surface area contributed by atoms with Crippen molar-refractivity contribution in [3.8, 4) is 11.5 Å². The second kappa shape index (κ2) is 6.90. The van der Waals surface area contributed by atoms with Crippen LogP contribution in [0.4, 0.5) is 0 Å². The zero-order valence-corrected chi connectivity index (χ0v) is 11.9. The molecule has 0 aliphatic carbocycles. The highest BCUT2D eigenvalue weighted by molar-refractivity contribution is 5.83. The van der Waals surface area contributed by atoms with Gasteiger partial charge in [0.05, 0.1) is 18.8 Å². The molecule has 0 fully saturated rings. The Kier molecular flexibility index (Phi) is 4.95. The number of ether oxygens (including phenoxy) is 1. The van der Waals surface area contributed by atoms with E-state index in [0.29, 0.717) is 30.4 Å². The second-order valence-corrected chi connectivity index (χ2v) is 4.76. The topological polar surface area (TPSA) is 66.8 Å². The molecule has 0 atom stereocenters. The molecule has 0 spiro atoms. The lowest BCUT2D eigenvalue weighted by atomic mass is 10.0. The Balaban J connectivity index is 2.15. The molecular weight excluding hydrogens is 268 g/mol. The van der Waals surface area contributed by atoms with E-state index in [2.05, 4.69) is 0 Å². The third-order valence-electron chi connectivity index (χ3n) is 3.35. The molecule has 2 N–H and O–H groups in total. The van der Waals surface area contributed by atoms with Gasteiger partial charge in [-0.05, 0) is 29.2 Å². The monoisotopic (exact) mass is 286 g/mol. The molecule has 110 valence electrons. The summed E-state index contributed by atoms with van der Waals surface area (Å²) < 4.78 is 5.59. The van der Waals surface area contributed by atoms with E-state index in [1.807, 2.05) is 37.3 Å². The third-order valence-corrected chi connectivity index (χ3v) is 3.35. The molecule has 2 aromatic rings. The molecule has 2 aromatic carbocycles. The lowest BCUT2D eigenvalue weighted by molar-refractivity contribution is 0.103. The lowest BCUT2D eigenvalue weighted by Gasteiger charge is -2.12. The first kappa shape index (κ1) is 15.1. The molecule has 4 heteroatoms. The summed E-state index contributed by atoms with van der Waals surface area (Å²) in [7, 11) is 0. The SMILES string of the molecule is CCc1cc(COCc2ccccc2)c(C=O)c(O)c1O. The fourth-order valence-electron chi connectivity index (χ4n) is 2.16. The van der Waals surface area contributed by atoms with E-state index >= 15 is 0 Å². The summed E-state index contributed by atoms with van der Waals surface area (Å²) in [5.41, 5.74) is 2.28. The number of rotatable bonds is 6. The van der Waals surface area contributed by atoms with E-state index < -0.39 is 0 Å². The number of carbonyl (C=O) groups excluding carboxylic acids is 1. The van der Waals surface area contributed by atoms with Crippen LogP contribution >= 0.6 is 0 Å². The molecule has 0 heterocycles. The molecule has 0 aliphatic rings. The van der Waals surface area contributed by atoms with E-state index in [9.17, 15) is 15.0 Å². The van der Waals surface area contributed by atoms with Crippen LogP contribution < -0.4 is 0 Å². The van der Waals surface area contributed by atoms with Gasteiger partial charge in [0.2, 0.25) is 0 Å². The Morgan fingerprint density at radius 1 is 1.05 bits per heavy atom. The van der Waals surface area contributed by atoms with Gasteiger partial charge in [0.25, 0.3) is 0 Å². The van der Waals surface area contributed by atoms with Crippen LogP contribution in [0, 0.1) is 0 Å². The van der Waals surface area contributed by atoms with Crippen molar-refractivity contribution in [1.29, 1.82) is 0 Å². The lowest BCUT2D eigenvalue weighted by Crippen LogP contribution is -2.00. The maximum atomic E-state index is 11.1. The predicted molar refractivity (Wildman–Crippen MR) is 79.5 cm³/mol. The highest BCUT2D eigenvalue weighted by Crippen LogP contribution is 2.35. The standard InChI is InChI=1S/C17H18O4/c1-2-13-8-14(15(9-18)17(20)16(13)19)11-21-10-12-6-4-3-5-7-12/h3-9,19-20H,2,10-11H2,1H3. The summed E-state index contributed by atoms with van der Waals surface area (Å²) >= 11 is 0. The first-order valence-electron chi connectivity index (χ1n) is 6.80. The highest BCUT2D eigenvalue weighted by atomic mass is 16.5. The number of hydrogen-bond donors (Lipinski definition) is 2. The molecule has 0 saturated heterocycles. The first-order valence-corrected chi connectivity index (χ1v) is 6.80. The Hall–Kier alpha value is -2.33. The van der Waals surface area contributed by atoms with Crippen LogP contribution in [0.1, 0.15) is 34.0 Å². The Morgan fingerprint density at radius 3 is 2.38 bits per heavy atom. The van der Waals surface area contributed by atoms with Gasteiger partial charge in [-0.25, -0.2) is 0 Å². The summed E-state index contributed by atoms with van der Waals surface area (Å²) in [4.78, 5) is 11.1. The molecule has 21 heavy (non-hydrogen) atoms. The number of aromatic hydroxyl groups is 2. The number of phenolic OH excluding ortho intramolecular Hbond substituents is 2. The van der Waals surface area contributed by atoms with Crippen molar-refractivity contribution < 1.29 is 19.7 Å². The van der Waals surface area contributed by atoms with Crippen molar-refractivity contribution in [2.24, 2.45) is 0 Å². The summed E-state index contributed by atoms with van der Waals surface area (Å²) in [5.74, 6) is -0.603. The predicted octanol–water partition coefficient (Wildman–Crippen LogP) is 3.19. The third kappa shape index (κ3) is 3.41. The highest BCUT2D eigenvalue weighted by Gasteiger charge is 2.15. The van der Waals surface area contributed by atoms with E-state index in [0.717, 1.165) is 5.56 Å². The molecule has 0 aromatic heterocycles. The van der Waals surface area contributed by atoms with Gasteiger partial charge in [-0.15, -0.1) is 0 Å². The number of hydrogen-bond acceptors (Lipinski definition) is 4. The van der Waals surface area contributed by atoms with Gasteiger partial charge in [0.1, 0.15) is 0 Å². The van der Waals surface area contributed by atoms with E-state index in [4.69, 9.17) is 4.74 Å². The molecule has 4 nitrogen and oxygen atoms in total. The van der Waals surface area contributed by atoms with E-state index in [1.54, 1.807) is 6.07 Å². The van der Waals surface area contributed by atoms with E-state index in [1.165, 1.54) is 0 Å². The molecule has 0 aliphatic heterocycles. The number of aldehydes is 1. The maximum absolute atomic E-state index is 11.1. The Morgan fingerprint density at radius 2 is 1.76 bits per heavy atom. The van der Waals surface area contributed by atoms with Crippen molar-refractivity contribution in [3.05, 3.63) is 58.7 Å². The molecule has 0 bridgehead atoms. The molecular formula is C17H18O4. The van der Waals surface area contributed by atoms with E-state index in [-0.39, 0.29) is 23.7 Å². The van der Waals surface area contributed by atoms with Gasteiger partial charge in [0.15, 0.2) is 17.8 Å². The number of phenols is 2. The van der Waals surface area contributed by atoms with Gasteiger partial charge in [-0.3, -0.25) is 4.79 Å². The second-order valence-electron chi connectivity index (χ2n) is 4.76. The molecule has 0 unspecified atom stereocenters. The fourth-order valence-corrected chi connectivity index (χ4v) is 2.16. The smallest absolute Gasteiger partial charge is 0.168 e. The van der Waals surface area contributed by atoms with Crippen molar-refractivity contribution >= 4 is 6.29 Å². The minimum Gasteiger partial charge on any atom is -0.504 e. The molecule has 2 rings (SSSR count). The van der Waals surface area contributed by atoms with Crippen LogP contribution in [0.2, 0.25) is 0 Å². The largest absolute Gasteiger partial charge is 0.504 e. The fraction of sp³-hybridized carbons (Fsp3) is 0.235. The number of benzene rings is 2. The first-order chi connectivity index (χ1) is 10.2. The van der Waals surface area contributed by atoms with Crippen LogP contribution in [0.15, 0.2) is 36.4 Å². The van der Waals surface area contributed by atoms with Crippen molar-refractivity contribution in [2.75, 3.05) is 0 Å². The van der Waals surface area contributed by atoms with Crippen LogP contribution in [0.5, 0.6) is 11.5 Å². The van der Waals surface area contributed by atoms with Crippen LogP contribution in [0.25, 0.3) is 0 Å². The van der Waals surface area contributed by atoms with Crippen LogP contribution in [0.3, 0.4) is 0 Å². The quantitative estimate of drug-likeness (QED) is 0.632. The summed E-state index contributed by atoms with van der Waals surface area (Å²) in [6.45, 7) is 2.48. The zero-order valence-electron chi connectivity index (χ0n) is 11.9. The molecule has 0 radical (unpaired) electrons. The maximum Gasteiger partial charge on any atom is 0.168 e. The zero-order chi connectivity index (χ0) is 15.2. The average Bonchev–Trinajstić information content (AvgIpc) is 2.52. The van der Waals surface area contributed by atoms with Gasteiger partial charge in [-0.1, -0.05) is 37.3 Å². The summed E-state index contributed by atoms with van der Waals surface area (Å²) in [5, 5.41) is 19.7. The van der Waals surface area contributed by atoms with Gasteiger partial charge >= 0.3 is 0 Å². The van der Waals surface area contributed by atoms with Crippen molar-refractivity contribution in [1.82, 2.24) is 0 Å².